The van der Waals surface area contributed by atoms with E-state index >= 15 is 0 Å². The molecule has 2 aromatic carbocycles. The molecule has 1 saturated heterocycles. The number of aromatic amines is 1. The molecule has 2 atom stereocenters. The Kier molecular flexibility index (Phi) is 3.34. The maximum absolute atomic E-state index is 13.5. The van der Waals surface area contributed by atoms with Crippen LogP contribution in [0, 0.1) is 5.41 Å². The van der Waals surface area contributed by atoms with E-state index in [0.29, 0.717) is 0 Å². The lowest BCUT2D eigenvalue weighted by atomic mass is 9.51. The third-order valence-corrected chi connectivity index (χ3v) is 7.44. The van der Waals surface area contributed by atoms with Gasteiger partial charge in [-0.05, 0) is 47.6 Å². The van der Waals surface area contributed by atoms with Crippen molar-refractivity contribution in [2.24, 2.45) is 5.41 Å². The first kappa shape index (κ1) is 16.5. The minimum Gasteiger partial charge on any atom is -0.345 e. The van der Waals surface area contributed by atoms with Gasteiger partial charge in [0, 0.05) is 23.6 Å². The SMILES string of the molecule is CC1(C)[C@H]2Cc3ccccc3[C@]1(C)CCN2C(=O)c1ccc2nc[nH]c2c1. The number of hydrogen-bond acceptors (Lipinski definition) is 2. The Bertz CT molecular complexity index is 1050. The van der Waals surface area contributed by atoms with Gasteiger partial charge in [-0.1, -0.05) is 45.0 Å². The number of amides is 1. The predicted octanol–water partition coefficient (Wildman–Crippen LogP) is 4.32. The Hall–Kier alpha value is -2.62. The largest absolute Gasteiger partial charge is 0.345 e. The maximum Gasteiger partial charge on any atom is 0.254 e. The van der Waals surface area contributed by atoms with E-state index in [1.807, 2.05) is 18.2 Å². The van der Waals surface area contributed by atoms with Crippen LogP contribution in [-0.4, -0.2) is 33.4 Å². The molecule has 27 heavy (non-hydrogen) atoms. The predicted molar refractivity (Wildman–Crippen MR) is 107 cm³/mol. The first-order valence-electron chi connectivity index (χ1n) is 9.74. The summed E-state index contributed by atoms with van der Waals surface area (Å²) in [5.41, 5.74) is 5.53. The summed E-state index contributed by atoms with van der Waals surface area (Å²) in [6.45, 7) is 7.87. The molecule has 0 spiro atoms. The van der Waals surface area contributed by atoms with Gasteiger partial charge in [-0.15, -0.1) is 0 Å². The fourth-order valence-electron chi connectivity index (χ4n) is 5.35. The average molecular weight is 359 g/mol. The maximum atomic E-state index is 13.5. The highest BCUT2D eigenvalue weighted by Crippen LogP contribution is 2.56. The lowest BCUT2D eigenvalue weighted by Gasteiger charge is -2.60. The van der Waals surface area contributed by atoms with Crippen molar-refractivity contribution in [3.05, 3.63) is 65.5 Å². The summed E-state index contributed by atoms with van der Waals surface area (Å²) >= 11 is 0. The highest BCUT2D eigenvalue weighted by molar-refractivity contribution is 5.97. The van der Waals surface area contributed by atoms with Crippen molar-refractivity contribution in [3.63, 3.8) is 0 Å². The Morgan fingerprint density at radius 1 is 1.19 bits per heavy atom. The van der Waals surface area contributed by atoms with Crippen molar-refractivity contribution >= 4 is 16.9 Å². The Morgan fingerprint density at radius 2 is 2.00 bits per heavy atom. The molecule has 2 bridgehead atoms. The number of carbonyl (C=O) groups is 1. The first-order chi connectivity index (χ1) is 12.9. The number of imidazole rings is 1. The standard InChI is InChI=1S/C23H25N3O/c1-22(2)20-13-15-6-4-5-7-17(15)23(22,3)10-11-26(20)21(27)16-8-9-18-19(12-16)25-14-24-18/h4-9,12,14,20H,10-11,13H2,1-3H3,(H,24,25)/t20-,23+/m1/s1. The molecule has 1 aromatic heterocycles. The summed E-state index contributed by atoms with van der Waals surface area (Å²) in [5, 5.41) is 0. The van der Waals surface area contributed by atoms with E-state index in [9.17, 15) is 4.79 Å². The second-order valence-corrected chi connectivity index (χ2v) is 8.81. The number of hydrogen-bond donors (Lipinski definition) is 1. The fourth-order valence-corrected chi connectivity index (χ4v) is 5.35. The van der Waals surface area contributed by atoms with Crippen LogP contribution < -0.4 is 0 Å². The smallest absolute Gasteiger partial charge is 0.254 e. The van der Waals surface area contributed by atoms with Crippen LogP contribution in [0.3, 0.4) is 0 Å². The minimum absolute atomic E-state index is 0.0212. The van der Waals surface area contributed by atoms with Gasteiger partial charge < -0.3 is 9.88 Å². The normalized spacial score (nSPS) is 26.0. The molecule has 0 radical (unpaired) electrons. The molecule has 0 saturated carbocycles. The summed E-state index contributed by atoms with van der Waals surface area (Å²) in [4.78, 5) is 23.0. The Morgan fingerprint density at radius 3 is 2.85 bits per heavy atom. The van der Waals surface area contributed by atoms with Crippen LogP contribution in [0.1, 0.15) is 48.7 Å². The zero-order valence-electron chi connectivity index (χ0n) is 16.1. The number of H-pyrrole nitrogens is 1. The Labute approximate surface area is 159 Å². The van der Waals surface area contributed by atoms with Crippen molar-refractivity contribution in [3.8, 4) is 0 Å². The molecule has 5 rings (SSSR count). The second kappa shape index (κ2) is 5.44. The molecule has 1 fully saturated rings. The van der Waals surface area contributed by atoms with Gasteiger partial charge in [-0.25, -0.2) is 4.98 Å². The van der Waals surface area contributed by atoms with Crippen LogP contribution in [0.25, 0.3) is 11.0 Å². The number of piperidine rings is 1. The molecule has 4 nitrogen and oxygen atoms in total. The quantitative estimate of drug-likeness (QED) is 0.703. The lowest BCUT2D eigenvalue weighted by molar-refractivity contribution is -0.0261. The monoisotopic (exact) mass is 359 g/mol. The number of likely N-dealkylation sites (tertiary alicyclic amines) is 1. The Balaban J connectivity index is 1.56. The van der Waals surface area contributed by atoms with Gasteiger partial charge in [0.15, 0.2) is 0 Å². The van der Waals surface area contributed by atoms with Gasteiger partial charge in [0.25, 0.3) is 5.91 Å². The molecular weight excluding hydrogens is 334 g/mol. The molecule has 1 amide bonds. The first-order valence-corrected chi connectivity index (χ1v) is 9.74. The zero-order chi connectivity index (χ0) is 18.8. The fraction of sp³-hybridized carbons (Fsp3) is 0.391. The van der Waals surface area contributed by atoms with Crippen molar-refractivity contribution in [2.75, 3.05) is 6.54 Å². The van der Waals surface area contributed by atoms with E-state index < -0.39 is 0 Å². The van der Waals surface area contributed by atoms with Gasteiger partial charge >= 0.3 is 0 Å². The average Bonchev–Trinajstić information content (AvgIpc) is 3.12. The molecule has 0 unspecified atom stereocenters. The molecule has 2 heterocycles. The third kappa shape index (κ3) is 2.16. The van der Waals surface area contributed by atoms with Crippen molar-refractivity contribution in [2.45, 2.75) is 45.1 Å². The van der Waals surface area contributed by atoms with Gasteiger partial charge in [-0.3, -0.25) is 4.79 Å². The number of rotatable bonds is 1. The third-order valence-electron chi connectivity index (χ3n) is 7.44. The highest BCUT2D eigenvalue weighted by Gasteiger charge is 2.56. The number of nitrogens with one attached hydrogen (secondary N) is 1. The molecule has 1 N–H and O–H groups in total. The van der Waals surface area contributed by atoms with Gasteiger partial charge in [-0.2, -0.15) is 0 Å². The second-order valence-electron chi connectivity index (χ2n) is 8.81. The van der Waals surface area contributed by atoms with Crippen LogP contribution in [0.4, 0.5) is 0 Å². The van der Waals surface area contributed by atoms with Crippen LogP contribution in [0.15, 0.2) is 48.8 Å². The number of benzene rings is 2. The number of carbonyl (C=O) groups excluding carboxylic acids is 1. The topological polar surface area (TPSA) is 49.0 Å². The number of aromatic nitrogens is 2. The molecular formula is C23H25N3O. The number of nitrogens with zero attached hydrogens (tertiary/aromatic N) is 2. The molecule has 3 aromatic rings. The molecule has 1 aliphatic carbocycles. The molecule has 1 aliphatic heterocycles. The van der Waals surface area contributed by atoms with Crippen LogP contribution in [0.2, 0.25) is 0 Å². The number of fused-ring (bicyclic) bond motifs is 5. The lowest BCUT2D eigenvalue weighted by Crippen LogP contribution is -2.64. The van der Waals surface area contributed by atoms with Gasteiger partial charge in [0.2, 0.25) is 0 Å². The van der Waals surface area contributed by atoms with E-state index in [1.54, 1.807) is 6.33 Å². The van der Waals surface area contributed by atoms with Crippen molar-refractivity contribution < 1.29 is 4.79 Å². The van der Waals surface area contributed by atoms with Crippen LogP contribution in [-0.2, 0) is 11.8 Å². The highest BCUT2D eigenvalue weighted by atomic mass is 16.2. The van der Waals surface area contributed by atoms with E-state index in [0.717, 1.165) is 36.0 Å². The van der Waals surface area contributed by atoms with Crippen molar-refractivity contribution in [1.82, 2.24) is 14.9 Å². The summed E-state index contributed by atoms with van der Waals surface area (Å²) < 4.78 is 0. The summed E-state index contributed by atoms with van der Waals surface area (Å²) in [5.74, 6) is 0.131. The van der Waals surface area contributed by atoms with E-state index in [1.165, 1.54) is 11.1 Å². The van der Waals surface area contributed by atoms with E-state index in [2.05, 4.69) is 59.9 Å². The zero-order valence-corrected chi connectivity index (χ0v) is 16.1. The summed E-state index contributed by atoms with van der Waals surface area (Å²) in [7, 11) is 0. The molecule has 2 aliphatic rings. The summed E-state index contributed by atoms with van der Waals surface area (Å²) in [6.07, 6.45) is 3.59. The van der Waals surface area contributed by atoms with Gasteiger partial charge in [0.05, 0.1) is 17.4 Å². The van der Waals surface area contributed by atoms with E-state index in [-0.39, 0.29) is 22.8 Å². The minimum atomic E-state index is 0.0212. The molecule has 4 heteroatoms. The van der Waals surface area contributed by atoms with Gasteiger partial charge in [0.1, 0.15) is 0 Å². The van der Waals surface area contributed by atoms with E-state index in [4.69, 9.17) is 0 Å². The summed E-state index contributed by atoms with van der Waals surface area (Å²) in [6, 6.07) is 14.8. The van der Waals surface area contributed by atoms with Crippen LogP contribution >= 0.6 is 0 Å². The van der Waals surface area contributed by atoms with Crippen molar-refractivity contribution in [1.29, 1.82) is 0 Å². The molecule has 138 valence electrons. The van der Waals surface area contributed by atoms with Crippen LogP contribution in [0.5, 0.6) is 0 Å².